The van der Waals surface area contributed by atoms with Gasteiger partial charge in [0, 0.05) is 16.8 Å². The minimum Gasteiger partial charge on any atom is -0.308 e. The lowest BCUT2D eigenvalue weighted by molar-refractivity contribution is 0.974. The molecule has 0 unspecified atom stereocenters. The zero-order valence-corrected chi connectivity index (χ0v) is 12.2. The first kappa shape index (κ1) is 13.5. The summed E-state index contributed by atoms with van der Waals surface area (Å²) in [5.41, 5.74) is 5.72. The van der Waals surface area contributed by atoms with Gasteiger partial charge in [0.15, 0.2) is 5.82 Å². The van der Waals surface area contributed by atoms with E-state index in [1.165, 1.54) is 5.39 Å². The summed E-state index contributed by atoms with van der Waals surface area (Å²) >= 11 is 0. The number of hydrogen-bond acceptors (Lipinski definition) is 4. The van der Waals surface area contributed by atoms with Crippen molar-refractivity contribution in [3.63, 3.8) is 0 Å². The van der Waals surface area contributed by atoms with Crippen molar-refractivity contribution in [3.05, 3.63) is 53.7 Å². The van der Waals surface area contributed by atoms with Gasteiger partial charge in [-0.05, 0) is 24.1 Å². The molecule has 4 nitrogen and oxygen atoms in total. The van der Waals surface area contributed by atoms with Gasteiger partial charge in [-0.2, -0.15) is 0 Å². The van der Waals surface area contributed by atoms with E-state index in [-0.39, 0.29) is 0 Å². The largest absolute Gasteiger partial charge is 0.308 e. The van der Waals surface area contributed by atoms with Crippen LogP contribution in [0, 0.1) is 6.92 Å². The highest BCUT2D eigenvalue weighted by Gasteiger charge is 2.12. The highest BCUT2D eigenvalue weighted by molar-refractivity contribution is 5.95. The van der Waals surface area contributed by atoms with E-state index in [0.29, 0.717) is 11.6 Å². The normalized spacial score (nSPS) is 10.8. The van der Waals surface area contributed by atoms with Crippen molar-refractivity contribution in [1.82, 2.24) is 9.97 Å². The Morgan fingerprint density at radius 3 is 2.57 bits per heavy atom. The van der Waals surface area contributed by atoms with Crippen molar-refractivity contribution >= 4 is 16.6 Å². The van der Waals surface area contributed by atoms with Crippen molar-refractivity contribution in [3.8, 4) is 11.4 Å². The number of hydrazine groups is 1. The second-order valence-corrected chi connectivity index (χ2v) is 4.99. The summed E-state index contributed by atoms with van der Waals surface area (Å²) in [7, 11) is 0. The molecule has 1 heterocycles. The van der Waals surface area contributed by atoms with E-state index in [1.54, 1.807) is 0 Å². The third-order valence-corrected chi connectivity index (χ3v) is 3.75. The molecule has 0 aliphatic heterocycles. The lowest BCUT2D eigenvalue weighted by Gasteiger charge is -2.12. The average Bonchev–Trinajstić information content (AvgIpc) is 2.54. The monoisotopic (exact) mass is 278 g/mol. The lowest BCUT2D eigenvalue weighted by Crippen LogP contribution is -2.13. The van der Waals surface area contributed by atoms with Crippen LogP contribution in [0.5, 0.6) is 0 Å². The summed E-state index contributed by atoms with van der Waals surface area (Å²) in [5, 5.41) is 2.33. The first-order chi connectivity index (χ1) is 10.2. The summed E-state index contributed by atoms with van der Waals surface area (Å²) < 4.78 is 0. The standard InChI is InChI=1S/C17H18N4/c1-3-15-11(2)16(21-18)20-17(19-15)14-10-6-8-12-7-4-5-9-13(12)14/h4-10H,3,18H2,1-2H3,(H,19,20,21). The van der Waals surface area contributed by atoms with Crippen LogP contribution in [0.2, 0.25) is 0 Å². The highest BCUT2D eigenvalue weighted by atomic mass is 15.3. The number of nitrogens with one attached hydrogen (secondary N) is 1. The highest BCUT2D eigenvalue weighted by Crippen LogP contribution is 2.28. The first-order valence-corrected chi connectivity index (χ1v) is 7.07. The molecule has 0 saturated heterocycles. The number of aryl methyl sites for hydroxylation is 1. The van der Waals surface area contributed by atoms with Gasteiger partial charge in [0.25, 0.3) is 0 Å². The van der Waals surface area contributed by atoms with Gasteiger partial charge < -0.3 is 5.43 Å². The molecule has 0 amide bonds. The third kappa shape index (κ3) is 2.34. The van der Waals surface area contributed by atoms with Crippen LogP contribution in [0.4, 0.5) is 5.82 Å². The Hall–Kier alpha value is -2.46. The molecule has 2 aromatic carbocycles. The van der Waals surface area contributed by atoms with Gasteiger partial charge >= 0.3 is 0 Å². The smallest absolute Gasteiger partial charge is 0.162 e. The SMILES string of the molecule is CCc1nc(-c2cccc3ccccc23)nc(NN)c1C. The number of nitrogens with zero attached hydrogens (tertiary/aromatic N) is 2. The summed E-state index contributed by atoms with van der Waals surface area (Å²) in [6.07, 6.45) is 0.848. The minimum absolute atomic E-state index is 0.685. The number of fused-ring (bicyclic) bond motifs is 1. The summed E-state index contributed by atoms with van der Waals surface area (Å²) in [5.74, 6) is 6.99. The predicted octanol–water partition coefficient (Wildman–Crippen LogP) is 3.45. The maximum atomic E-state index is 5.59. The van der Waals surface area contributed by atoms with Crippen molar-refractivity contribution in [2.75, 3.05) is 5.43 Å². The van der Waals surface area contributed by atoms with Gasteiger partial charge in [0.1, 0.15) is 5.82 Å². The van der Waals surface area contributed by atoms with E-state index in [4.69, 9.17) is 10.8 Å². The second-order valence-electron chi connectivity index (χ2n) is 4.99. The number of hydrogen-bond donors (Lipinski definition) is 2. The fraction of sp³-hybridized carbons (Fsp3) is 0.176. The number of rotatable bonds is 3. The maximum Gasteiger partial charge on any atom is 0.162 e. The zero-order chi connectivity index (χ0) is 14.8. The Morgan fingerprint density at radius 1 is 1.05 bits per heavy atom. The number of nitrogens with two attached hydrogens (primary N) is 1. The molecule has 0 radical (unpaired) electrons. The fourth-order valence-electron chi connectivity index (χ4n) is 2.59. The third-order valence-electron chi connectivity index (χ3n) is 3.75. The zero-order valence-electron chi connectivity index (χ0n) is 12.2. The molecule has 1 aromatic heterocycles. The van der Waals surface area contributed by atoms with Gasteiger partial charge in [-0.25, -0.2) is 15.8 Å². The predicted molar refractivity (Wildman–Crippen MR) is 86.9 cm³/mol. The maximum absolute atomic E-state index is 5.59. The van der Waals surface area contributed by atoms with Gasteiger partial charge in [0.2, 0.25) is 0 Å². The van der Waals surface area contributed by atoms with E-state index >= 15 is 0 Å². The van der Waals surface area contributed by atoms with E-state index in [1.807, 2.05) is 31.2 Å². The van der Waals surface area contributed by atoms with E-state index < -0.39 is 0 Å². The minimum atomic E-state index is 0.685. The Morgan fingerprint density at radius 2 is 1.81 bits per heavy atom. The number of nitrogen functional groups attached to an aromatic ring is 1. The summed E-state index contributed by atoms with van der Waals surface area (Å²) in [6, 6.07) is 14.4. The van der Waals surface area contributed by atoms with Gasteiger partial charge in [0.05, 0.1) is 0 Å². The van der Waals surface area contributed by atoms with Crippen LogP contribution in [0.15, 0.2) is 42.5 Å². The second kappa shape index (κ2) is 5.50. The molecule has 0 saturated carbocycles. The molecule has 4 heteroatoms. The number of aromatic nitrogens is 2. The van der Waals surface area contributed by atoms with Crippen LogP contribution in [-0.4, -0.2) is 9.97 Å². The Bertz CT molecular complexity index is 765. The van der Waals surface area contributed by atoms with Crippen LogP contribution < -0.4 is 11.3 Å². The molecule has 0 atom stereocenters. The molecule has 3 N–H and O–H groups in total. The van der Waals surface area contributed by atoms with Crippen LogP contribution in [-0.2, 0) is 6.42 Å². The van der Waals surface area contributed by atoms with Crippen molar-refractivity contribution in [2.24, 2.45) is 5.84 Å². The van der Waals surface area contributed by atoms with E-state index in [0.717, 1.165) is 28.6 Å². The van der Waals surface area contributed by atoms with E-state index in [2.05, 4.69) is 35.5 Å². The quantitative estimate of drug-likeness (QED) is 0.569. The molecule has 3 aromatic rings. The topological polar surface area (TPSA) is 63.8 Å². The van der Waals surface area contributed by atoms with Crippen LogP contribution in [0.25, 0.3) is 22.2 Å². The summed E-state index contributed by atoms with van der Waals surface area (Å²) in [6.45, 7) is 4.07. The van der Waals surface area contributed by atoms with Crippen LogP contribution in [0.1, 0.15) is 18.2 Å². The molecule has 106 valence electrons. The molecule has 0 bridgehead atoms. The van der Waals surface area contributed by atoms with Gasteiger partial charge in [-0.1, -0.05) is 49.4 Å². The molecule has 0 aliphatic carbocycles. The van der Waals surface area contributed by atoms with E-state index in [9.17, 15) is 0 Å². The Labute approximate surface area is 124 Å². The molecule has 0 spiro atoms. The molecular formula is C17H18N4. The Balaban J connectivity index is 2.28. The number of benzene rings is 2. The molecular weight excluding hydrogens is 260 g/mol. The molecule has 0 aliphatic rings. The fourth-order valence-corrected chi connectivity index (χ4v) is 2.59. The lowest BCUT2D eigenvalue weighted by atomic mass is 10.0. The molecule has 0 fully saturated rings. The Kier molecular flexibility index (Phi) is 3.54. The van der Waals surface area contributed by atoms with Crippen molar-refractivity contribution in [2.45, 2.75) is 20.3 Å². The summed E-state index contributed by atoms with van der Waals surface area (Å²) in [4.78, 5) is 9.29. The van der Waals surface area contributed by atoms with Crippen LogP contribution >= 0.6 is 0 Å². The molecule has 3 rings (SSSR count). The van der Waals surface area contributed by atoms with Gasteiger partial charge in [-0.3, -0.25) is 0 Å². The van der Waals surface area contributed by atoms with Gasteiger partial charge in [-0.15, -0.1) is 0 Å². The molecule has 21 heavy (non-hydrogen) atoms. The van der Waals surface area contributed by atoms with Crippen molar-refractivity contribution in [1.29, 1.82) is 0 Å². The average molecular weight is 278 g/mol. The first-order valence-electron chi connectivity index (χ1n) is 7.07. The van der Waals surface area contributed by atoms with Crippen LogP contribution in [0.3, 0.4) is 0 Å². The van der Waals surface area contributed by atoms with Crippen molar-refractivity contribution < 1.29 is 0 Å². The number of anilines is 1.